The number of aryl methyl sites for hydroxylation is 1. The number of hydrogen-bond donors (Lipinski definition) is 1. The Labute approximate surface area is 77.3 Å². The first-order valence-electron chi connectivity index (χ1n) is 4.08. The smallest absolute Gasteiger partial charge is 0.323 e. The van der Waals surface area contributed by atoms with E-state index in [1.807, 2.05) is 29.9 Å². The third-order valence-electron chi connectivity index (χ3n) is 1.98. The summed E-state index contributed by atoms with van der Waals surface area (Å²) in [6.07, 6.45) is 2.43. The van der Waals surface area contributed by atoms with Crippen LogP contribution in [-0.4, -0.2) is 23.7 Å². The molecular formula is C9H14N2O2. The van der Waals surface area contributed by atoms with Crippen LogP contribution in [0.5, 0.6) is 0 Å². The van der Waals surface area contributed by atoms with Gasteiger partial charge in [-0.3, -0.25) is 4.79 Å². The Balaban J connectivity index is 2.59. The summed E-state index contributed by atoms with van der Waals surface area (Å²) in [6.45, 7) is 0. The van der Waals surface area contributed by atoms with Crippen molar-refractivity contribution in [2.75, 3.05) is 7.11 Å². The zero-order chi connectivity index (χ0) is 9.84. The highest BCUT2D eigenvalue weighted by molar-refractivity contribution is 5.75. The van der Waals surface area contributed by atoms with Crippen molar-refractivity contribution < 1.29 is 9.53 Å². The maximum atomic E-state index is 11.0. The molecule has 0 aromatic carbocycles. The van der Waals surface area contributed by atoms with Crippen LogP contribution < -0.4 is 5.73 Å². The zero-order valence-corrected chi connectivity index (χ0v) is 7.86. The minimum Gasteiger partial charge on any atom is -0.468 e. The molecule has 1 atom stereocenters. The number of aromatic nitrogens is 1. The van der Waals surface area contributed by atoms with E-state index >= 15 is 0 Å². The van der Waals surface area contributed by atoms with E-state index in [-0.39, 0.29) is 5.97 Å². The van der Waals surface area contributed by atoms with E-state index in [2.05, 4.69) is 4.74 Å². The van der Waals surface area contributed by atoms with Gasteiger partial charge in [-0.1, -0.05) is 0 Å². The van der Waals surface area contributed by atoms with Crippen LogP contribution in [0.1, 0.15) is 5.69 Å². The van der Waals surface area contributed by atoms with Crippen molar-refractivity contribution in [1.29, 1.82) is 0 Å². The maximum absolute atomic E-state index is 11.0. The van der Waals surface area contributed by atoms with Crippen LogP contribution in [-0.2, 0) is 23.0 Å². The molecular weight excluding hydrogens is 168 g/mol. The molecule has 2 N–H and O–H groups in total. The van der Waals surface area contributed by atoms with Crippen LogP contribution in [0, 0.1) is 0 Å². The maximum Gasteiger partial charge on any atom is 0.323 e. The van der Waals surface area contributed by atoms with Gasteiger partial charge in [0.25, 0.3) is 0 Å². The molecule has 0 spiro atoms. The minimum atomic E-state index is -0.571. The van der Waals surface area contributed by atoms with Crippen LogP contribution >= 0.6 is 0 Å². The van der Waals surface area contributed by atoms with Crippen molar-refractivity contribution in [3.05, 3.63) is 24.0 Å². The number of carbonyl (C=O) groups is 1. The summed E-state index contributed by atoms with van der Waals surface area (Å²) < 4.78 is 6.46. The lowest BCUT2D eigenvalue weighted by Crippen LogP contribution is -2.34. The molecule has 1 unspecified atom stereocenters. The van der Waals surface area contributed by atoms with Gasteiger partial charge < -0.3 is 15.0 Å². The average Bonchev–Trinajstić information content (AvgIpc) is 2.50. The number of rotatable bonds is 3. The van der Waals surface area contributed by atoms with E-state index in [9.17, 15) is 4.79 Å². The monoisotopic (exact) mass is 182 g/mol. The molecule has 0 aliphatic heterocycles. The average molecular weight is 182 g/mol. The topological polar surface area (TPSA) is 57.2 Å². The summed E-state index contributed by atoms with van der Waals surface area (Å²) in [7, 11) is 3.26. The normalized spacial score (nSPS) is 12.5. The number of carbonyl (C=O) groups excluding carboxylic acids is 1. The van der Waals surface area contributed by atoms with Crippen LogP contribution in [0.3, 0.4) is 0 Å². The van der Waals surface area contributed by atoms with Crippen molar-refractivity contribution in [3.8, 4) is 0 Å². The number of nitrogens with zero attached hydrogens (tertiary/aromatic N) is 1. The highest BCUT2D eigenvalue weighted by Crippen LogP contribution is 2.03. The van der Waals surface area contributed by atoms with E-state index in [0.717, 1.165) is 5.69 Å². The molecule has 0 aliphatic carbocycles. The molecule has 1 heterocycles. The van der Waals surface area contributed by atoms with Gasteiger partial charge in [0.05, 0.1) is 7.11 Å². The largest absolute Gasteiger partial charge is 0.468 e. The lowest BCUT2D eigenvalue weighted by atomic mass is 10.2. The van der Waals surface area contributed by atoms with Crippen molar-refractivity contribution >= 4 is 5.97 Å². The molecule has 1 aromatic heterocycles. The molecule has 13 heavy (non-hydrogen) atoms. The number of ether oxygens (including phenoxy) is 1. The van der Waals surface area contributed by atoms with Gasteiger partial charge in [0, 0.05) is 25.4 Å². The molecule has 72 valence electrons. The van der Waals surface area contributed by atoms with E-state index in [4.69, 9.17) is 5.73 Å². The molecule has 0 bridgehead atoms. The molecule has 0 radical (unpaired) electrons. The predicted molar refractivity (Wildman–Crippen MR) is 49.1 cm³/mol. The molecule has 1 rings (SSSR count). The molecule has 0 amide bonds. The summed E-state index contributed by atoms with van der Waals surface area (Å²) >= 11 is 0. The Morgan fingerprint density at radius 1 is 1.77 bits per heavy atom. The zero-order valence-electron chi connectivity index (χ0n) is 7.86. The third-order valence-corrected chi connectivity index (χ3v) is 1.98. The number of methoxy groups -OCH3 is 1. The summed E-state index contributed by atoms with van der Waals surface area (Å²) in [5, 5.41) is 0. The highest BCUT2D eigenvalue weighted by Gasteiger charge is 2.14. The Bertz CT molecular complexity index is 294. The SMILES string of the molecule is COC(=O)C(N)Cc1cccn1C. The third kappa shape index (κ3) is 2.32. The van der Waals surface area contributed by atoms with Crippen molar-refractivity contribution in [2.45, 2.75) is 12.5 Å². The first-order chi connectivity index (χ1) is 6.15. The Kier molecular flexibility index (Phi) is 3.08. The first-order valence-corrected chi connectivity index (χ1v) is 4.08. The Hall–Kier alpha value is -1.29. The van der Waals surface area contributed by atoms with Crippen LogP contribution in [0.25, 0.3) is 0 Å². The minimum absolute atomic E-state index is 0.374. The standard InChI is InChI=1S/C9H14N2O2/c1-11-5-3-4-7(11)6-8(10)9(12)13-2/h3-5,8H,6,10H2,1-2H3. The van der Waals surface area contributed by atoms with Crippen LogP contribution in [0.4, 0.5) is 0 Å². The van der Waals surface area contributed by atoms with Gasteiger partial charge in [-0.05, 0) is 12.1 Å². The molecule has 0 saturated heterocycles. The second-order valence-electron chi connectivity index (χ2n) is 2.94. The number of nitrogens with two attached hydrogens (primary N) is 1. The summed E-state index contributed by atoms with van der Waals surface area (Å²) in [5.74, 6) is -0.374. The highest BCUT2D eigenvalue weighted by atomic mass is 16.5. The van der Waals surface area contributed by atoms with Gasteiger partial charge in [-0.2, -0.15) is 0 Å². The van der Waals surface area contributed by atoms with E-state index in [1.165, 1.54) is 7.11 Å². The van der Waals surface area contributed by atoms with E-state index < -0.39 is 6.04 Å². The van der Waals surface area contributed by atoms with Gasteiger partial charge >= 0.3 is 5.97 Å². The van der Waals surface area contributed by atoms with Gasteiger partial charge in [-0.15, -0.1) is 0 Å². The van der Waals surface area contributed by atoms with Gasteiger partial charge in [0.15, 0.2) is 0 Å². The van der Waals surface area contributed by atoms with Crippen molar-refractivity contribution in [2.24, 2.45) is 12.8 Å². The van der Waals surface area contributed by atoms with Gasteiger partial charge in [0.2, 0.25) is 0 Å². The molecule has 0 fully saturated rings. The predicted octanol–water partition coefficient (Wildman–Crippen LogP) is 0.0679. The molecule has 1 aromatic rings. The fourth-order valence-corrected chi connectivity index (χ4v) is 1.17. The first kappa shape index (κ1) is 9.80. The number of hydrogen-bond acceptors (Lipinski definition) is 3. The lowest BCUT2D eigenvalue weighted by molar-refractivity contribution is -0.142. The second kappa shape index (κ2) is 4.09. The fourth-order valence-electron chi connectivity index (χ4n) is 1.17. The van der Waals surface area contributed by atoms with Crippen LogP contribution in [0.2, 0.25) is 0 Å². The van der Waals surface area contributed by atoms with Crippen molar-refractivity contribution in [3.63, 3.8) is 0 Å². The molecule has 4 heteroatoms. The summed E-state index contributed by atoms with van der Waals surface area (Å²) in [6, 6.07) is 3.28. The molecule has 4 nitrogen and oxygen atoms in total. The Morgan fingerprint density at radius 2 is 2.46 bits per heavy atom. The molecule has 0 aliphatic rings. The Morgan fingerprint density at radius 3 is 2.92 bits per heavy atom. The fraction of sp³-hybridized carbons (Fsp3) is 0.444. The van der Waals surface area contributed by atoms with E-state index in [1.54, 1.807) is 0 Å². The van der Waals surface area contributed by atoms with Crippen LogP contribution in [0.15, 0.2) is 18.3 Å². The second-order valence-corrected chi connectivity index (χ2v) is 2.94. The van der Waals surface area contributed by atoms with E-state index in [0.29, 0.717) is 6.42 Å². The van der Waals surface area contributed by atoms with Gasteiger partial charge in [-0.25, -0.2) is 0 Å². The quantitative estimate of drug-likeness (QED) is 0.673. The summed E-state index contributed by atoms with van der Waals surface area (Å²) in [4.78, 5) is 11.0. The number of esters is 1. The molecule has 0 saturated carbocycles. The van der Waals surface area contributed by atoms with Gasteiger partial charge in [0.1, 0.15) is 6.04 Å². The van der Waals surface area contributed by atoms with Crippen molar-refractivity contribution in [1.82, 2.24) is 4.57 Å². The summed E-state index contributed by atoms with van der Waals surface area (Å²) in [5.41, 5.74) is 6.63. The lowest BCUT2D eigenvalue weighted by Gasteiger charge is -2.09.